The van der Waals surface area contributed by atoms with Crippen LogP contribution in [-0.2, 0) is 0 Å². The molecule has 0 unspecified atom stereocenters. The van der Waals surface area contributed by atoms with Gasteiger partial charge >= 0.3 is 0 Å². The lowest BCUT2D eigenvalue weighted by Crippen LogP contribution is -1.75. The molecule has 0 radical (unpaired) electrons. The van der Waals surface area contributed by atoms with Crippen LogP contribution in [0.15, 0.2) is 67.0 Å². The Balaban J connectivity index is 0.000000162. The van der Waals surface area contributed by atoms with E-state index in [-0.39, 0.29) is 0 Å². The Morgan fingerprint density at radius 2 is 1.44 bits per heavy atom. The van der Waals surface area contributed by atoms with E-state index in [9.17, 15) is 0 Å². The van der Waals surface area contributed by atoms with E-state index in [4.69, 9.17) is 0 Å². The molecule has 1 N–H and O–H groups in total. The van der Waals surface area contributed by atoms with Gasteiger partial charge in [0.25, 0.3) is 0 Å². The molecule has 1 aromatic heterocycles. The summed E-state index contributed by atoms with van der Waals surface area (Å²) in [7, 11) is 0. The van der Waals surface area contributed by atoms with Crippen LogP contribution in [0.1, 0.15) is 5.56 Å². The Morgan fingerprint density at radius 1 is 0.750 bits per heavy atom. The van der Waals surface area contributed by atoms with Crippen molar-refractivity contribution in [2.75, 3.05) is 0 Å². The molecule has 1 nitrogen and oxygen atoms in total. The summed E-state index contributed by atoms with van der Waals surface area (Å²) in [5.74, 6) is 0. The van der Waals surface area contributed by atoms with Crippen molar-refractivity contribution in [2.24, 2.45) is 0 Å². The van der Waals surface area contributed by atoms with E-state index in [1.807, 2.05) is 24.5 Å². The molecule has 0 saturated carbocycles. The van der Waals surface area contributed by atoms with Crippen LogP contribution < -0.4 is 0 Å². The summed E-state index contributed by atoms with van der Waals surface area (Å²) >= 11 is 0. The fourth-order valence-corrected chi connectivity index (χ4v) is 1.67. The third kappa shape index (κ3) is 2.51. The number of aromatic nitrogens is 1. The first kappa shape index (κ1) is 10.5. The van der Waals surface area contributed by atoms with Gasteiger partial charge in [0.05, 0.1) is 0 Å². The van der Waals surface area contributed by atoms with Gasteiger partial charge in [0.1, 0.15) is 0 Å². The molecule has 0 spiro atoms. The molecule has 0 aliphatic carbocycles. The lowest BCUT2D eigenvalue weighted by atomic mass is 10.1. The topological polar surface area (TPSA) is 15.8 Å². The highest BCUT2D eigenvalue weighted by Gasteiger charge is 1.92. The van der Waals surface area contributed by atoms with Crippen LogP contribution >= 0.6 is 0 Å². The van der Waals surface area contributed by atoms with Gasteiger partial charge < -0.3 is 4.98 Å². The molecule has 2 aromatic carbocycles. The minimum atomic E-state index is 1.33. The van der Waals surface area contributed by atoms with Crippen LogP contribution in [0.3, 0.4) is 0 Å². The van der Waals surface area contributed by atoms with Gasteiger partial charge in [-0.25, -0.2) is 0 Å². The minimum absolute atomic E-state index is 1.33. The number of fused-ring (bicyclic) bond motifs is 1. The summed E-state index contributed by atoms with van der Waals surface area (Å²) in [5, 5.41) is 2.68. The summed E-state index contributed by atoms with van der Waals surface area (Å²) in [6.45, 7) is 2.14. The summed E-state index contributed by atoms with van der Waals surface area (Å²) in [5.41, 5.74) is 1.35. The molecule has 0 saturated heterocycles. The molecule has 1 heterocycles. The van der Waals surface area contributed by atoms with Gasteiger partial charge in [0, 0.05) is 12.4 Å². The molecule has 1 heteroatoms. The highest BCUT2D eigenvalue weighted by Crippen LogP contribution is 2.16. The predicted molar refractivity (Wildman–Crippen MR) is 69.5 cm³/mol. The van der Waals surface area contributed by atoms with Crippen LogP contribution in [0.4, 0.5) is 0 Å². The molecule has 0 fully saturated rings. The number of aryl methyl sites for hydroxylation is 1. The first-order valence-electron chi connectivity index (χ1n) is 5.40. The van der Waals surface area contributed by atoms with Crippen LogP contribution in [-0.4, -0.2) is 4.98 Å². The fraction of sp³-hybridized carbons (Fsp3) is 0.0667. The molecule has 3 aromatic rings. The monoisotopic (exact) mass is 209 g/mol. The highest BCUT2D eigenvalue weighted by atomic mass is 14.6. The quantitative estimate of drug-likeness (QED) is 0.572. The normalized spacial score (nSPS) is 9.56. The maximum Gasteiger partial charge on any atom is 0.000496 e. The number of rotatable bonds is 0. The molecular formula is C15H15N. The maximum absolute atomic E-state index is 2.86. The van der Waals surface area contributed by atoms with E-state index in [1.54, 1.807) is 0 Å². The number of H-pyrrole nitrogens is 1. The molecule has 0 amide bonds. The zero-order chi connectivity index (χ0) is 11.2. The van der Waals surface area contributed by atoms with Crippen molar-refractivity contribution in [1.29, 1.82) is 0 Å². The predicted octanol–water partition coefficient (Wildman–Crippen LogP) is 4.16. The molecule has 0 atom stereocenters. The number of benzene rings is 2. The van der Waals surface area contributed by atoms with E-state index in [0.717, 1.165) is 0 Å². The average molecular weight is 209 g/mol. The second-order valence-electron chi connectivity index (χ2n) is 3.68. The average Bonchev–Trinajstić information content (AvgIpc) is 2.88. The van der Waals surface area contributed by atoms with Crippen molar-refractivity contribution in [3.8, 4) is 0 Å². The van der Waals surface area contributed by atoms with Crippen molar-refractivity contribution in [2.45, 2.75) is 6.92 Å². The third-order valence-corrected chi connectivity index (χ3v) is 2.50. The van der Waals surface area contributed by atoms with E-state index in [2.05, 4.69) is 54.4 Å². The second-order valence-corrected chi connectivity index (χ2v) is 3.68. The van der Waals surface area contributed by atoms with Gasteiger partial charge in [-0.05, 0) is 35.4 Å². The fourth-order valence-electron chi connectivity index (χ4n) is 1.67. The van der Waals surface area contributed by atoms with Crippen LogP contribution in [0, 0.1) is 6.92 Å². The molecule has 0 bridgehead atoms. The van der Waals surface area contributed by atoms with Gasteiger partial charge in [-0.1, -0.05) is 42.5 Å². The van der Waals surface area contributed by atoms with Crippen LogP contribution in [0.5, 0.6) is 0 Å². The molecular weight excluding hydrogens is 194 g/mol. The zero-order valence-corrected chi connectivity index (χ0v) is 9.35. The Kier molecular flexibility index (Phi) is 3.39. The lowest BCUT2D eigenvalue weighted by Gasteiger charge is -1.98. The third-order valence-electron chi connectivity index (χ3n) is 2.50. The number of aromatic amines is 1. The van der Waals surface area contributed by atoms with Gasteiger partial charge in [-0.3, -0.25) is 0 Å². The highest BCUT2D eigenvalue weighted by molar-refractivity contribution is 5.85. The lowest BCUT2D eigenvalue weighted by molar-refractivity contribution is 1.42. The zero-order valence-electron chi connectivity index (χ0n) is 9.35. The first-order valence-corrected chi connectivity index (χ1v) is 5.40. The van der Waals surface area contributed by atoms with Gasteiger partial charge in [-0.2, -0.15) is 0 Å². The largest absolute Gasteiger partial charge is 0.368 e. The summed E-state index contributed by atoms with van der Waals surface area (Å²) in [6, 6.07) is 18.7. The number of nitrogens with one attached hydrogen (secondary N) is 1. The standard InChI is InChI=1S/C11H10.C4H5N/c1-9-5-4-7-10-6-2-3-8-11(9)10;1-2-4-5-3-1/h2-8H,1H3;1-5H. The molecule has 80 valence electrons. The SMILES string of the molecule is Cc1cccc2ccccc12.c1cc[nH]c1. The molecule has 0 aliphatic rings. The van der Waals surface area contributed by atoms with E-state index < -0.39 is 0 Å². The van der Waals surface area contributed by atoms with Crippen LogP contribution in [0.25, 0.3) is 10.8 Å². The van der Waals surface area contributed by atoms with E-state index in [1.165, 1.54) is 16.3 Å². The van der Waals surface area contributed by atoms with Crippen molar-refractivity contribution >= 4 is 10.8 Å². The summed E-state index contributed by atoms with van der Waals surface area (Å²) in [4.78, 5) is 2.86. The molecule has 0 aliphatic heterocycles. The Hall–Kier alpha value is -2.02. The Bertz CT molecular complexity index is 516. The van der Waals surface area contributed by atoms with Crippen molar-refractivity contribution < 1.29 is 0 Å². The minimum Gasteiger partial charge on any atom is -0.368 e. The maximum atomic E-state index is 2.86. The number of hydrogen-bond donors (Lipinski definition) is 1. The first-order chi connectivity index (χ1) is 7.88. The molecule has 16 heavy (non-hydrogen) atoms. The van der Waals surface area contributed by atoms with E-state index >= 15 is 0 Å². The van der Waals surface area contributed by atoms with Crippen molar-refractivity contribution in [1.82, 2.24) is 4.98 Å². The van der Waals surface area contributed by atoms with Gasteiger partial charge in [0.2, 0.25) is 0 Å². The Labute approximate surface area is 95.8 Å². The summed E-state index contributed by atoms with van der Waals surface area (Å²) < 4.78 is 0. The molecule has 3 rings (SSSR count). The van der Waals surface area contributed by atoms with Crippen molar-refractivity contribution in [3.63, 3.8) is 0 Å². The van der Waals surface area contributed by atoms with Gasteiger partial charge in [-0.15, -0.1) is 0 Å². The number of hydrogen-bond acceptors (Lipinski definition) is 0. The van der Waals surface area contributed by atoms with Gasteiger partial charge in [0.15, 0.2) is 0 Å². The summed E-state index contributed by atoms with van der Waals surface area (Å²) in [6.07, 6.45) is 3.75. The smallest absolute Gasteiger partial charge is 0.000496 e. The van der Waals surface area contributed by atoms with Crippen molar-refractivity contribution in [3.05, 3.63) is 72.6 Å². The second kappa shape index (κ2) is 5.17. The van der Waals surface area contributed by atoms with E-state index in [0.29, 0.717) is 0 Å². The Morgan fingerprint density at radius 3 is 2.06 bits per heavy atom. The van der Waals surface area contributed by atoms with Crippen LogP contribution in [0.2, 0.25) is 0 Å².